The van der Waals surface area contributed by atoms with E-state index in [0.29, 0.717) is 22.4 Å². The fourth-order valence-electron chi connectivity index (χ4n) is 4.28. The molecule has 4 heterocycles. The van der Waals surface area contributed by atoms with Gasteiger partial charge in [-0.15, -0.1) is 0 Å². The number of benzene rings is 1. The Balaban J connectivity index is 1.62. The van der Waals surface area contributed by atoms with Gasteiger partial charge in [0.2, 0.25) is 0 Å². The van der Waals surface area contributed by atoms with Crippen molar-refractivity contribution in [2.24, 2.45) is 0 Å². The predicted molar refractivity (Wildman–Crippen MR) is 139 cm³/mol. The van der Waals surface area contributed by atoms with Crippen LogP contribution in [0.2, 0.25) is 5.15 Å². The monoisotopic (exact) mass is 502 g/mol. The summed E-state index contributed by atoms with van der Waals surface area (Å²) >= 11 is 6.00. The van der Waals surface area contributed by atoms with Gasteiger partial charge in [-0.1, -0.05) is 17.7 Å². The minimum atomic E-state index is -0.611. The Morgan fingerprint density at radius 3 is 2.69 bits per heavy atom. The number of pyridine rings is 2. The largest absolute Gasteiger partial charge is 0.464 e. The fourth-order valence-corrected chi connectivity index (χ4v) is 4.43. The third-order valence-corrected chi connectivity index (χ3v) is 6.15. The molecule has 0 aliphatic carbocycles. The Bertz CT molecular complexity index is 1710. The molecule has 0 radical (unpaired) electrons. The smallest absolute Gasteiger partial charge is 0.358 e. The van der Waals surface area contributed by atoms with Crippen LogP contribution >= 0.6 is 11.6 Å². The van der Waals surface area contributed by atoms with Crippen molar-refractivity contribution in [3.63, 3.8) is 0 Å². The maximum absolute atomic E-state index is 13.2. The summed E-state index contributed by atoms with van der Waals surface area (Å²) in [7, 11) is 1.28. The Hall–Kier alpha value is -4.17. The van der Waals surface area contributed by atoms with Crippen molar-refractivity contribution >= 4 is 39.9 Å². The zero-order valence-electron chi connectivity index (χ0n) is 20.1. The third-order valence-electron chi connectivity index (χ3n) is 5.94. The molecule has 0 spiro atoms. The second-order valence-corrected chi connectivity index (χ2v) is 9.05. The number of aromatic nitrogens is 3. The number of rotatable bonds is 5. The number of anilines is 1. The number of aryl methyl sites for hydroxylation is 2. The van der Waals surface area contributed by atoms with Crippen LogP contribution in [-0.4, -0.2) is 27.4 Å². The Morgan fingerprint density at radius 1 is 1.11 bits per heavy atom. The van der Waals surface area contributed by atoms with Gasteiger partial charge < -0.3 is 18.9 Å². The van der Waals surface area contributed by atoms with Gasteiger partial charge in [0.1, 0.15) is 22.1 Å². The Morgan fingerprint density at radius 2 is 1.92 bits per heavy atom. The molecule has 4 aromatic heterocycles. The molecule has 1 aromatic carbocycles. The van der Waals surface area contributed by atoms with Crippen LogP contribution in [-0.2, 0) is 4.74 Å². The fraction of sp³-hybridized carbons (Fsp3) is 0.185. The molecule has 5 rings (SSSR count). The van der Waals surface area contributed by atoms with Crippen molar-refractivity contribution in [1.29, 1.82) is 0 Å². The van der Waals surface area contributed by atoms with Crippen molar-refractivity contribution in [3.05, 3.63) is 92.7 Å². The summed E-state index contributed by atoms with van der Waals surface area (Å²) in [5.74, 6) is -0.165. The van der Waals surface area contributed by atoms with Crippen molar-refractivity contribution in [2.75, 3.05) is 12.4 Å². The highest BCUT2D eigenvalue weighted by Crippen LogP contribution is 2.31. The van der Waals surface area contributed by atoms with Gasteiger partial charge in [0.25, 0.3) is 0 Å². The number of carbonyl (C=O) groups excluding carboxylic acids is 1. The van der Waals surface area contributed by atoms with Gasteiger partial charge in [0, 0.05) is 29.6 Å². The van der Waals surface area contributed by atoms with Crippen molar-refractivity contribution < 1.29 is 13.9 Å². The molecule has 36 heavy (non-hydrogen) atoms. The molecule has 0 aliphatic rings. The lowest BCUT2D eigenvalue weighted by molar-refractivity contribution is 0.0595. The molecule has 1 N–H and O–H groups in total. The predicted octanol–water partition coefficient (Wildman–Crippen LogP) is 5.73. The van der Waals surface area contributed by atoms with Gasteiger partial charge in [0.15, 0.2) is 11.1 Å². The SMILES string of the molecule is COC(=O)c1nc(Cl)ccc1NC(C)c1cc(C)cc2c(=O)cc(-c3ccc4nc(C)cn4c3)oc12. The van der Waals surface area contributed by atoms with Gasteiger partial charge in [-0.2, -0.15) is 0 Å². The number of hydrogen-bond donors (Lipinski definition) is 1. The van der Waals surface area contributed by atoms with Crippen molar-refractivity contribution in [1.82, 2.24) is 14.4 Å². The van der Waals surface area contributed by atoms with Gasteiger partial charge in [-0.3, -0.25) is 4.79 Å². The Labute approximate surface area is 211 Å². The molecule has 8 nitrogen and oxygen atoms in total. The zero-order chi connectivity index (χ0) is 25.6. The second-order valence-electron chi connectivity index (χ2n) is 8.66. The number of ether oxygens (including phenoxy) is 1. The molecule has 0 saturated carbocycles. The molecule has 0 fully saturated rings. The summed E-state index contributed by atoms with van der Waals surface area (Å²) in [5.41, 5.74) is 4.96. The molecule has 0 bridgehead atoms. The molecular formula is C27H23ClN4O4. The quantitative estimate of drug-likeness (QED) is 0.242. The van der Waals surface area contributed by atoms with E-state index in [1.807, 2.05) is 61.8 Å². The normalized spacial score (nSPS) is 12.1. The highest BCUT2D eigenvalue weighted by atomic mass is 35.5. The molecular weight excluding hydrogens is 480 g/mol. The number of esters is 1. The Kier molecular flexibility index (Phi) is 5.97. The maximum atomic E-state index is 13.2. The summed E-state index contributed by atoms with van der Waals surface area (Å²) in [6.45, 7) is 5.76. The van der Waals surface area contributed by atoms with Crippen LogP contribution in [0.4, 0.5) is 5.69 Å². The van der Waals surface area contributed by atoms with Crippen molar-refractivity contribution in [3.8, 4) is 11.3 Å². The molecule has 182 valence electrons. The molecule has 1 atom stereocenters. The molecule has 0 amide bonds. The van der Waals surface area contributed by atoms with Crippen molar-refractivity contribution in [2.45, 2.75) is 26.8 Å². The first-order valence-electron chi connectivity index (χ1n) is 11.3. The lowest BCUT2D eigenvalue weighted by Gasteiger charge is -2.19. The van der Waals surface area contributed by atoms with E-state index in [2.05, 4.69) is 15.3 Å². The van der Waals surface area contributed by atoms with Crippen LogP contribution in [0.25, 0.3) is 27.9 Å². The first-order valence-corrected chi connectivity index (χ1v) is 11.7. The van der Waals surface area contributed by atoms with E-state index in [0.717, 1.165) is 28.0 Å². The van der Waals surface area contributed by atoms with E-state index in [9.17, 15) is 9.59 Å². The average molecular weight is 503 g/mol. The molecule has 9 heteroatoms. The summed E-state index contributed by atoms with van der Waals surface area (Å²) in [6.07, 6.45) is 3.80. The highest BCUT2D eigenvalue weighted by Gasteiger charge is 2.20. The van der Waals surface area contributed by atoms with E-state index < -0.39 is 5.97 Å². The number of methoxy groups -OCH3 is 1. The summed E-state index contributed by atoms with van der Waals surface area (Å²) < 4.78 is 13.1. The summed E-state index contributed by atoms with van der Waals surface area (Å²) in [6, 6.07) is 11.9. The van der Waals surface area contributed by atoms with Crippen LogP contribution in [0, 0.1) is 13.8 Å². The topological polar surface area (TPSA) is 98.7 Å². The minimum absolute atomic E-state index is 0.0693. The number of nitrogens with one attached hydrogen (secondary N) is 1. The average Bonchev–Trinajstić information content (AvgIpc) is 3.23. The van der Waals surface area contributed by atoms with Crippen LogP contribution < -0.4 is 10.7 Å². The molecule has 1 unspecified atom stereocenters. The van der Waals surface area contributed by atoms with Crippen LogP contribution in [0.15, 0.2) is 64.1 Å². The highest BCUT2D eigenvalue weighted by molar-refractivity contribution is 6.29. The van der Waals surface area contributed by atoms with E-state index in [1.165, 1.54) is 13.2 Å². The zero-order valence-corrected chi connectivity index (χ0v) is 20.9. The van der Waals surface area contributed by atoms with E-state index in [1.54, 1.807) is 12.1 Å². The summed E-state index contributed by atoms with van der Waals surface area (Å²) in [5, 5.41) is 3.95. The van der Waals surface area contributed by atoms with Gasteiger partial charge >= 0.3 is 5.97 Å². The first-order chi connectivity index (χ1) is 17.2. The van der Waals surface area contributed by atoms with Crippen LogP contribution in [0.5, 0.6) is 0 Å². The lowest BCUT2D eigenvalue weighted by atomic mass is 10.0. The van der Waals surface area contributed by atoms with E-state index in [-0.39, 0.29) is 22.3 Å². The number of nitrogens with zero attached hydrogens (tertiary/aromatic N) is 3. The van der Waals surface area contributed by atoms with Gasteiger partial charge in [-0.05, 0) is 56.7 Å². The standard InChI is InChI=1S/C27H23ClN4O4/c1-14-9-18(16(3)30-20-6-7-23(28)31-25(20)27(34)35-4)26-19(10-14)21(33)11-22(36-26)17-5-8-24-29-15(2)12-32(24)13-17/h5-13,16,30H,1-4H3. The second kappa shape index (κ2) is 9.13. The van der Waals surface area contributed by atoms with Gasteiger partial charge in [0.05, 0.1) is 29.9 Å². The number of imidazole rings is 1. The minimum Gasteiger partial charge on any atom is -0.464 e. The molecule has 5 aromatic rings. The summed E-state index contributed by atoms with van der Waals surface area (Å²) in [4.78, 5) is 34.0. The molecule has 0 aliphatic heterocycles. The van der Waals surface area contributed by atoms with Crippen LogP contribution in [0.3, 0.4) is 0 Å². The first kappa shape index (κ1) is 23.6. The lowest BCUT2D eigenvalue weighted by Crippen LogP contribution is -2.14. The van der Waals surface area contributed by atoms with E-state index in [4.69, 9.17) is 20.8 Å². The number of carbonyl (C=O) groups is 1. The number of fused-ring (bicyclic) bond motifs is 2. The third kappa shape index (κ3) is 4.31. The number of hydrogen-bond acceptors (Lipinski definition) is 7. The molecule has 0 saturated heterocycles. The van der Waals surface area contributed by atoms with E-state index >= 15 is 0 Å². The van der Waals surface area contributed by atoms with Crippen LogP contribution in [0.1, 0.15) is 40.3 Å². The maximum Gasteiger partial charge on any atom is 0.358 e. The number of halogens is 1. The van der Waals surface area contributed by atoms with Gasteiger partial charge in [-0.25, -0.2) is 14.8 Å².